The van der Waals surface area contributed by atoms with Crippen LogP contribution < -0.4 is 10.6 Å². The number of benzene rings is 2. The molecule has 2 aromatic carbocycles. The first-order valence-electron chi connectivity index (χ1n) is 8.48. The lowest BCUT2D eigenvalue weighted by atomic mass is 9.91. The molecule has 1 atom stereocenters. The molecule has 0 aromatic heterocycles. The number of nitrogens with zero attached hydrogens (tertiary/aromatic N) is 1. The van der Waals surface area contributed by atoms with Gasteiger partial charge in [0.1, 0.15) is 12.1 Å². The number of carbonyl (C=O) groups excluding carboxylic acids is 3. The summed E-state index contributed by atoms with van der Waals surface area (Å²) in [7, 11) is 0. The van der Waals surface area contributed by atoms with Crippen LogP contribution in [0.3, 0.4) is 0 Å². The Hall–Kier alpha value is -2.86. The summed E-state index contributed by atoms with van der Waals surface area (Å²) in [5.74, 6) is -0.939. The number of halogens is 1. The summed E-state index contributed by atoms with van der Waals surface area (Å²) < 4.78 is 0. The van der Waals surface area contributed by atoms with Gasteiger partial charge < -0.3 is 10.6 Å². The molecule has 2 aromatic rings. The van der Waals surface area contributed by atoms with Crippen molar-refractivity contribution in [2.45, 2.75) is 26.3 Å². The van der Waals surface area contributed by atoms with Crippen molar-refractivity contribution in [1.29, 1.82) is 0 Å². The van der Waals surface area contributed by atoms with Crippen molar-refractivity contribution < 1.29 is 14.4 Å². The van der Waals surface area contributed by atoms with E-state index in [9.17, 15) is 14.4 Å². The molecular weight excluding hydrogens is 366 g/mol. The Labute approximate surface area is 162 Å². The predicted molar refractivity (Wildman–Crippen MR) is 104 cm³/mol. The maximum absolute atomic E-state index is 12.9. The highest BCUT2D eigenvalue weighted by molar-refractivity contribution is 6.31. The summed E-state index contributed by atoms with van der Waals surface area (Å²) in [6.07, 6.45) is 0. The second-order valence-corrected chi connectivity index (χ2v) is 7.18. The Morgan fingerprint density at radius 2 is 1.81 bits per heavy atom. The maximum Gasteiger partial charge on any atom is 0.325 e. The van der Waals surface area contributed by atoms with Gasteiger partial charge in [-0.25, -0.2) is 4.79 Å². The molecule has 1 heterocycles. The van der Waals surface area contributed by atoms with E-state index in [2.05, 4.69) is 10.6 Å². The summed E-state index contributed by atoms with van der Waals surface area (Å²) in [6, 6.07) is 11.9. The van der Waals surface area contributed by atoms with E-state index in [1.54, 1.807) is 44.2 Å². The highest BCUT2D eigenvalue weighted by atomic mass is 35.5. The topological polar surface area (TPSA) is 78.5 Å². The number of anilines is 1. The fourth-order valence-corrected chi connectivity index (χ4v) is 3.17. The fraction of sp³-hybridized carbons (Fsp3) is 0.250. The maximum atomic E-state index is 12.9. The molecule has 1 aliphatic rings. The van der Waals surface area contributed by atoms with Crippen LogP contribution in [-0.2, 0) is 15.1 Å². The quantitative estimate of drug-likeness (QED) is 0.792. The number of nitrogens with one attached hydrogen (secondary N) is 2. The van der Waals surface area contributed by atoms with Gasteiger partial charge in [-0.2, -0.15) is 0 Å². The standard InChI is InChI=1S/C20H20ClN3O3/c1-12-7-9-14(10-8-12)20(3)18(26)24(19(27)23-20)11-17(25)22-16-6-4-5-15(21)13(16)2/h4-10H,11H2,1-3H3,(H,22,25)(H,23,27). The molecule has 0 radical (unpaired) electrons. The lowest BCUT2D eigenvalue weighted by molar-refractivity contribution is -0.133. The molecular formula is C20H20ClN3O3. The van der Waals surface area contributed by atoms with Crippen molar-refractivity contribution in [3.05, 3.63) is 64.2 Å². The zero-order chi connectivity index (χ0) is 19.8. The van der Waals surface area contributed by atoms with Crippen LogP contribution in [0, 0.1) is 13.8 Å². The van der Waals surface area contributed by atoms with E-state index < -0.39 is 23.4 Å². The summed E-state index contributed by atoms with van der Waals surface area (Å²) >= 11 is 6.05. The molecule has 3 rings (SSSR count). The zero-order valence-corrected chi connectivity index (χ0v) is 16.1. The second kappa shape index (κ2) is 7.04. The van der Waals surface area contributed by atoms with Gasteiger partial charge in [0.2, 0.25) is 5.91 Å². The molecule has 140 valence electrons. The van der Waals surface area contributed by atoms with Gasteiger partial charge in [0, 0.05) is 10.7 Å². The second-order valence-electron chi connectivity index (χ2n) is 6.77. The lowest BCUT2D eigenvalue weighted by Crippen LogP contribution is -2.42. The molecule has 7 heteroatoms. The van der Waals surface area contributed by atoms with E-state index in [0.717, 1.165) is 10.5 Å². The van der Waals surface area contributed by atoms with Crippen molar-refractivity contribution in [2.24, 2.45) is 0 Å². The van der Waals surface area contributed by atoms with Crippen molar-refractivity contribution >= 4 is 35.1 Å². The van der Waals surface area contributed by atoms with Crippen LogP contribution >= 0.6 is 11.6 Å². The van der Waals surface area contributed by atoms with Gasteiger partial charge in [-0.1, -0.05) is 47.5 Å². The number of carbonyl (C=O) groups is 3. The summed E-state index contributed by atoms with van der Waals surface area (Å²) in [5, 5.41) is 5.91. The van der Waals surface area contributed by atoms with Crippen LogP contribution in [0.5, 0.6) is 0 Å². The smallest absolute Gasteiger partial charge is 0.324 e. The summed E-state index contributed by atoms with van der Waals surface area (Å²) in [5.41, 5.74) is 1.78. The Morgan fingerprint density at radius 3 is 2.48 bits per heavy atom. The lowest BCUT2D eigenvalue weighted by Gasteiger charge is -2.22. The first-order chi connectivity index (χ1) is 12.7. The number of rotatable bonds is 4. The van der Waals surface area contributed by atoms with E-state index in [1.165, 1.54) is 0 Å². The third kappa shape index (κ3) is 3.53. The van der Waals surface area contributed by atoms with Crippen molar-refractivity contribution in [1.82, 2.24) is 10.2 Å². The molecule has 0 saturated carbocycles. The molecule has 1 unspecified atom stereocenters. The number of imide groups is 1. The van der Waals surface area contributed by atoms with E-state index >= 15 is 0 Å². The zero-order valence-electron chi connectivity index (χ0n) is 15.3. The Bertz CT molecular complexity index is 927. The Morgan fingerprint density at radius 1 is 1.15 bits per heavy atom. The van der Waals surface area contributed by atoms with Gasteiger partial charge in [-0.05, 0) is 44.0 Å². The molecule has 6 nitrogen and oxygen atoms in total. The normalized spacial score (nSPS) is 19.2. The molecule has 4 amide bonds. The first-order valence-corrected chi connectivity index (χ1v) is 8.86. The van der Waals surface area contributed by atoms with E-state index in [1.807, 2.05) is 19.1 Å². The van der Waals surface area contributed by atoms with Crippen molar-refractivity contribution in [3.8, 4) is 0 Å². The average molecular weight is 386 g/mol. The van der Waals surface area contributed by atoms with Crippen molar-refractivity contribution in [3.63, 3.8) is 0 Å². The van der Waals surface area contributed by atoms with Crippen LogP contribution in [0.25, 0.3) is 0 Å². The monoisotopic (exact) mass is 385 g/mol. The SMILES string of the molecule is Cc1ccc(C2(C)NC(=O)N(CC(=O)Nc3cccc(Cl)c3C)C2=O)cc1. The Balaban J connectivity index is 1.76. The van der Waals surface area contributed by atoms with E-state index in [0.29, 0.717) is 21.8 Å². The van der Waals surface area contributed by atoms with Crippen LogP contribution in [-0.4, -0.2) is 29.3 Å². The minimum Gasteiger partial charge on any atom is -0.324 e. The van der Waals surface area contributed by atoms with E-state index in [-0.39, 0.29) is 6.54 Å². The number of amides is 4. The van der Waals surface area contributed by atoms with Crippen LogP contribution in [0.4, 0.5) is 10.5 Å². The van der Waals surface area contributed by atoms with E-state index in [4.69, 9.17) is 11.6 Å². The molecule has 27 heavy (non-hydrogen) atoms. The molecule has 1 saturated heterocycles. The molecule has 1 fully saturated rings. The summed E-state index contributed by atoms with van der Waals surface area (Å²) in [6.45, 7) is 4.98. The number of urea groups is 1. The number of hydrogen-bond donors (Lipinski definition) is 2. The average Bonchev–Trinajstić information content (AvgIpc) is 2.83. The highest BCUT2D eigenvalue weighted by Gasteiger charge is 2.49. The molecule has 0 aliphatic carbocycles. The third-order valence-corrected chi connectivity index (χ3v) is 5.16. The van der Waals surface area contributed by atoms with Gasteiger partial charge in [-0.3, -0.25) is 14.5 Å². The van der Waals surface area contributed by atoms with Gasteiger partial charge >= 0.3 is 6.03 Å². The summed E-state index contributed by atoms with van der Waals surface area (Å²) in [4.78, 5) is 38.5. The molecule has 0 bridgehead atoms. The highest BCUT2D eigenvalue weighted by Crippen LogP contribution is 2.29. The van der Waals surface area contributed by atoms with Crippen LogP contribution in [0.15, 0.2) is 42.5 Å². The molecule has 2 N–H and O–H groups in total. The van der Waals surface area contributed by atoms with Crippen molar-refractivity contribution in [2.75, 3.05) is 11.9 Å². The van der Waals surface area contributed by atoms with Crippen LogP contribution in [0.2, 0.25) is 5.02 Å². The Kier molecular flexibility index (Phi) is 4.93. The minimum atomic E-state index is -1.20. The fourth-order valence-electron chi connectivity index (χ4n) is 3.00. The van der Waals surface area contributed by atoms with Gasteiger partial charge in [0.15, 0.2) is 0 Å². The molecule has 1 aliphatic heterocycles. The van der Waals surface area contributed by atoms with Crippen LogP contribution in [0.1, 0.15) is 23.6 Å². The number of aryl methyl sites for hydroxylation is 1. The van der Waals surface area contributed by atoms with Gasteiger partial charge in [0.05, 0.1) is 0 Å². The minimum absolute atomic E-state index is 0.377. The van der Waals surface area contributed by atoms with Gasteiger partial charge in [-0.15, -0.1) is 0 Å². The third-order valence-electron chi connectivity index (χ3n) is 4.75. The first kappa shape index (κ1) is 18.9. The molecule has 0 spiro atoms. The number of hydrogen-bond acceptors (Lipinski definition) is 3. The van der Waals surface area contributed by atoms with Gasteiger partial charge in [0.25, 0.3) is 5.91 Å². The predicted octanol–water partition coefficient (Wildman–Crippen LogP) is 3.36. The largest absolute Gasteiger partial charge is 0.325 e.